The van der Waals surface area contributed by atoms with Crippen molar-refractivity contribution in [3.8, 4) is 40.4 Å². The highest BCUT2D eigenvalue weighted by Crippen LogP contribution is 2.42. The summed E-state index contributed by atoms with van der Waals surface area (Å²) in [6.07, 6.45) is 6.29. The molecular formula is C39H38O3S4. The van der Waals surface area contributed by atoms with Crippen LogP contribution in [0.25, 0.3) is 52.5 Å². The molecule has 46 heavy (non-hydrogen) atoms. The third-order valence-electron chi connectivity index (χ3n) is 7.50. The minimum absolute atomic E-state index is 0.644. The molecule has 0 aliphatic heterocycles. The lowest BCUT2D eigenvalue weighted by Gasteiger charge is -2.01. The summed E-state index contributed by atoms with van der Waals surface area (Å²) in [6.45, 7) is 5.63. The molecule has 0 saturated heterocycles. The van der Waals surface area contributed by atoms with Crippen LogP contribution in [0.15, 0.2) is 97.1 Å². The second-order valence-electron chi connectivity index (χ2n) is 10.7. The van der Waals surface area contributed by atoms with Crippen LogP contribution in [-0.4, -0.2) is 40.1 Å². The molecule has 6 rings (SSSR count). The van der Waals surface area contributed by atoms with E-state index in [-0.39, 0.29) is 0 Å². The fourth-order valence-corrected chi connectivity index (χ4v) is 9.16. The van der Waals surface area contributed by atoms with Crippen LogP contribution in [-0.2, 0) is 27.1 Å². The average Bonchev–Trinajstić information content (AvgIpc) is 3.92. The van der Waals surface area contributed by atoms with Crippen molar-refractivity contribution < 1.29 is 14.2 Å². The van der Waals surface area contributed by atoms with Gasteiger partial charge in [-0.25, -0.2) is 0 Å². The average molecular weight is 683 g/mol. The molecule has 236 valence electrons. The molecule has 0 aliphatic rings. The lowest BCUT2D eigenvalue weighted by atomic mass is 10.1. The highest BCUT2D eigenvalue weighted by Gasteiger charge is 2.11. The molecule has 3 nitrogen and oxygen atoms in total. The molecule has 0 radical (unpaired) electrons. The molecule has 4 aromatic heterocycles. The van der Waals surface area contributed by atoms with Crippen LogP contribution >= 0.6 is 45.3 Å². The van der Waals surface area contributed by atoms with Crippen molar-refractivity contribution >= 4 is 57.5 Å². The minimum Gasteiger partial charge on any atom is -0.382 e. The van der Waals surface area contributed by atoms with Crippen molar-refractivity contribution in [3.05, 3.63) is 118 Å². The van der Waals surface area contributed by atoms with Gasteiger partial charge in [0.25, 0.3) is 0 Å². The van der Waals surface area contributed by atoms with Crippen molar-refractivity contribution in [2.75, 3.05) is 40.1 Å². The van der Waals surface area contributed by atoms with Gasteiger partial charge in [-0.3, -0.25) is 0 Å². The fourth-order valence-electron chi connectivity index (χ4n) is 4.98. The summed E-state index contributed by atoms with van der Waals surface area (Å²) < 4.78 is 16.2. The third-order valence-corrected chi connectivity index (χ3v) is 12.5. The Bertz CT molecular complexity index is 1820. The fraction of sp³-hybridized carbons (Fsp3) is 0.231. The molecule has 0 fully saturated rings. The van der Waals surface area contributed by atoms with E-state index in [2.05, 4.69) is 109 Å². The van der Waals surface area contributed by atoms with E-state index in [4.69, 9.17) is 14.2 Å². The standard InChI is InChI=1S/C39H38O3S4/c1-3-41-24-22-32-14-16-34(43-32)30-10-6-28(7-11-30)4-5-29-8-12-31(13-9-29)35-18-19-38(45-35)39-21-20-37(46-39)36-17-15-33(44-36)23-25-42-27-26-40-2/h4-21H,3,22-27H2,1-2H3/b5-4+. The Morgan fingerprint density at radius 1 is 0.457 bits per heavy atom. The second-order valence-corrected chi connectivity index (χ2v) is 15.2. The van der Waals surface area contributed by atoms with Gasteiger partial charge in [-0.05, 0) is 77.7 Å². The van der Waals surface area contributed by atoms with Gasteiger partial charge in [-0.2, -0.15) is 0 Å². The van der Waals surface area contributed by atoms with E-state index in [9.17, 15) is 0 Å². The molecule has 0 amide bonds. The van der Waals surface area contributed by atoms with Gasteiger partial charge in [0.05, 0.1) is 26.4 Å². The van der Waals surface area contributed by atoms with E-state index < -0.39 is 0 Å². The van der Waals surface area contributed by atoms with Crippen LogP contribution in [0.1, 0.15) is 27.8 Å². The van der Waals surface area contributed by atoms with Gasteiger partial charge >= 0.3 is 0 Å². The van der Waals surface area contributed by atoms with Crippen molar-refractivity contribution in [2.24, 2.45) is 0 Å². The zero-order chi connectivity index (χ0) is 31.6. The third kappa shape index (κ3) is 8.81. The smallest absolute Gasteiger partial charge is 0.0700 e. The zero-order valence-electron chi connectivity index (χ0n) is 26.2. The van der Waals surface area contributed by atoms with Gasteiger partial charge in [-0.15, -0.1) is 45.3 Å². The summed E-state index contributed by atoms with van der Waals surface area (Å²) in [7, 11) is 1.70. The Kier molecular flexibility index (Phi) is 11.8. The molecule has 0 spiro atoms. The van der Waals surface area contributed by atoms with E-state index in [1.807, 2.05) is 52.3 Å². The molecular weight excluding hydrogens is 645 g/mol. The highest BCUT2D eigenvalue weighted by molar-refractivity contribution is 7.27. The normalized spacial score (nSPS) is 11.6. The maximum absolute atomic E-state index is 5.64. The van der Waals surface area contributed by atoms with E-state index >= 15 is 0 Å². The van der Waals surface area contributed by atoms with Crippen LogP contribution in [0.3, 0.4) is 0 Å². The predicted octanol–water partition coefficient (Wildman–Crippen LogP) is 11.6. The van der Waals surface area contributed by atoms with Gasteiger partial charge < -0.3 is 14.2 Å². The maximum atomic E-state index is 5.64. The summed E-state index contributed by atoms with van der Waals surface area (Å²) in [5.41, 5.74) is 4.91. The first-order valence-electron chi connectivity index (χ1n) is 15.6. The summed E-state index contributed by atoms with van der Waals surface area (Å²) in [5.74, 6) is 0. The quantitative estimate of drug-likeness (QED) is 0.0751. The predicted molar refractivity (Wildman–Crippen MR) is 202 cm³/mol. The van der Waals surface area contributed by atoms with Crippen molar-refractivity contribution in [2.45, 2.75) is 19.8 Å². The van der Waals surface area contributed by atoms with E-state index in [1.165, 1.54) is 61.3 Å². The number of rotatable bonds is 16. The number of methoxy groups -OCH3 is 1. The zero-order valence-corrected chi connectivity index (χ0v) is 29.5. The van der Waals surface area contributed by atoms with E-state index in [1.54, 1.807) is 7.11 Å². The Balaban J connectivity index is 1.03. The van der Waals surface area contributed by atoms with Gasteiger partial charge in [-0.1, -0.05) is 60.7 Å². The first-order chi connectivity index (χ1) is 22.7. The molecule has 7 heteroatoms. The Hall–Kier alpha value is -3.14. The first kappa shape index (κ1) is 32.8. The molecule has 6 aromatic rings. The summed E-state index contributed by atoms with van der Waals surface area (Å²) in [4.78, 5) is 10.6. The van der Waals surface area contributed by atoms with Gasteiger partial charge in [0.2, 0.25) is 0 Å². The van der Waals surface area contributed by atoms with Gasteiger partial charge in [0.1, 0.15) is 0 Å². The lowest BCUT2D eigenvalue weighted by molar-refractivity contribution is 0.0725. The molecule has 0 bridgehead atoms. The van der Waals surface area contributed by atoms with Gasteiger partial charge in [0, 0.05) is 65.6 Å². The highest BCUT2D eigenvalue weighted by atomic mass is 32.1. The monoisotopic (exact) mass is 682 g/mol. The molecule has 4 heterocycles. The van der Waals surface area contributed by atoms with E-state index in [0.29, 0.717) is 13.2 Å². The molecule has 0 unspecified atom stereocenters. The molecule has 2 aromatic carbocycles. The lowest BCUT2D eigenvalue weighted by Crippen LogP contribution is -2.04. The first-order valence-corrected chi connectivity index (χ1v) is 18.9. The van der Waals surface area contributed by atoms with Crippen LogP contribution in [0, 0.1) is 0 Å². The number of benzene rings is 2. The number of ether oxygens (including phenoxy) is 3. The SMILES string of the molecule is CCOCCc1ccc(-c2ccc(/C=C/c3ccc(-c4ccc(-c5ccc(-c6ccc(CCOCCOC)s6)s5)s4)cc3)cc2)s1. The van der Waals surface area contributed by atoms with Crippen LogP contribution < -0.4 is 0 Å². The summed E-state index contributed by atoms with van der Waals surface area (Å²) in [6, 6.07) is 35.6. The topological polar surface area (TPSA) is 27.7 Å². The van der Waals surface area contributed by atoms with Crippen LogP contribution in [0.2, 0.25) is 0 Å². The summed E-state index contributed by atoms with van der Waals surface area (Å²) >= 11 is 7.44. The molecule has 0 saturated carbocycles. The number of hydrogen-bond donors (Lipinski definition) is 0. The minimum atomic E-state index is 0.644. The largest absolute Gasteiger partial charge is 0.382 e. The maximum Gasteiger partial charge on any atom is 0.0700 e. The van der Waals surface area contributed by atoms with Crippen molar-refractivity contribution in [1.82, 2.24) is 0 Å². The Morgan fingerprint density at radius 2 is 0.891 bits per heavy atom. The van der Waals surface area contributed by atoms with Crippen LogP contribution in [0.4, 0.5) is 0 Å². The number of hydrogen-bond acceptors (Lipinski definition) is 7. The van der Waals surface area contributed by atoms with E-state index in [0.717, 1.165) is 32.7 Å². The second kappa shape index (κ2) is 16.6. The molecule has 0 N–H and O–H groups in total. The molecule has 0 aliphatic carbocycles. The summed E-state index contributed by atoms with van der Waals surface area (Å²) in [5, 5.41) is 0. The number of thiophene rings is 4. The Morgan fingerprint density at radius 3 is 1.46 bits per heavy atom. The van der Waals surface area contributed by atoms with Gasteiger partial charge in [0.15, 0.2) is 0 Å². The van der Waals surface area contributed by atoms with Crippen molar-refractivity contribution in [1.29, 1.82) is 0 Å². The Labute approximate surface area is 288 Å². The van der Waals surface area contributed by atoms with Crippen LogP contribution in [0.5, 0.6) is 0 Å². The molecule has 0 atom stereocenters. The van der Waals surface area contributed by atoms with Crippen molar-refractivity contribution in [3.63, 3.8) is 0 Å².